The maximum absolute atomic E-state index is 6.97. The van der Waals surface area contributed by atoms with E-state index < -0.39 is 0 Å². The molecule has 0 N–H and O–H groups in total. The Kier molecular flexibility index (Phi) is 18.5. The van der Waals surface area contributed by atoms with Crippen LogP contribution in [0, 0.1) is 20.8 Å². The Hall–Kier alpha value is -12.1. The molecule has 9 aliphatic rings. The van der Waals surface area contributed by atoms with Crippen molar-refractivity contribution < 1.29 is 8.83 Å². The van der Waals surface area contributed by atoms with E-state index in [-0.39, 0.29) is 73.2 Å². The zero-order valence-electron chi connectivity index (χ0n) is 87.2. The van der Waals surface area contributed by atoms with Crippen LogP contribution in [0.1, 0.15) is 290 Å². The molecule has 0 amide bonds. The quantitative estimate of drug-likeness (QED) is 0.160. The lowest BCUT2D eigenvalue weighted by atomic mass is 9.33. The second-order valence-corrected chi connectivity index (χ2v) is 51.2. The molecule has 17 aromatic rings. The van der Waals surface area contributed by atoms with Gasteiger partial charge in [0, 0.05) is 100 Å². The lowest BCUT2D eigenvalue weighted by Crippen LogP contribution is -2.61. The highest BCUT2D eigenvalue weighted by Gasteiger charge is 2.61. The topological polar surface area (TPSA) is 49.1 Å². The smallest absolute Gasteiger partial charge is 0.252 e. The van der Waals surface area contributed by atoms with Gasteiger partial charge in [-0.1, -0.05) is 286 Å². The number of benzene rings is 13. The molecular formula is C129H136B2N6O2. The fourth-order valence-corrected chi connectivity index (χ4v) is 28.1. The molecule has 10 heterocycles. The summed E-state index contributed by atoms with van der Waals surface area (Å²) in [6.07, 6.45) is 12.1. The van der Waals surface area contributed by atoms with Crippen molar-refractivity contribution in [2.45, 2.75) is 304 Å². The van der Waals surface area contributed by atoms with E-state index >= 15 is 0 Å². The Morgan fingerprint density at radius 2 is 0.676 bits per heavy atom. The van der Waals surface area contributed by atoms with Gasteiger partial charge in [0.25, 0.3) is 13.4 Å². The van der Waals surface area contributed by atoms with Crippen LogP contribution in [0.15, 0.2) is 239 Å². The first-order chi connectivity index (χ1) is 65.8. The molecule has 139 heavy (non-hydrogen) atoms. The van der Waals surface area contributed by atoms with Crippen LogP contribution in [0.5, 0.6) is 0 Å². The van der Waals surface area contributed by atoms with E-state index in [2.05, 4.69) is 439 Å². The molecule has 2 saturated carbocycles. The van der Waals surface area contributed by atoms with Crippen molar-refractivity contribution in [1.82, 2.24) is 9.13 Å². The second-order valence-electron chi connectivity index (χ2n) is 51.2. The van der Waals surface area contributed by atoms with E-state index in [1.807, 2.05) is 0 Å². The summed E-state index contributed by atoms with van der Waals surface area (Å²) >= 11 is 0. The summed E-state index contributed by atoms with van der Waals surface area (Å²) in [4.78, 5) is 11.0. The Morgan fingerprint density at radius 3 is 1.12 bits per heavy atom. The molecule has 26 rings (SSSR count). The molecule has 10 heteroatoms. The molecule has 4 atom stereocenters. The van der Waals surface area contributed by atoms with Crippen LogP contribution in [0.3, 0.4) is 0 Å². The maximum atomic E-state index is 6.97. The molecule has 13 aromatic carbocycles. The third kappa shape index (κ3) is 12.3. The minimum atomic E-state index is -0.0984. The number of para-hydroxylation sites is 2. The Morgan fingerprint density at radius 1 is 0.288 bits per heavy atom. The summed E-state index contributed by atoms with van der Waals surface area (Å²) in [6, 6.07) is 91.0. The average Bonchev–Trinajstić information content (AvgIpc) is 1.55. The normalized spacial score (nSPS) is 20.7. The van der Waals surface area contributed by atoms with Gasteiger partial charge in [-0.2, -0.15) is 0 Å². The minimum absolute atomic E-state index is 0.00811. The van der Waals surface area contributed by atoms with Crippen molar-refractivity contribution in [3.05, 3.63) is 297 Å². The number of furan rings is 2. The zero-order valence-corrected chi connectivity index (χ0v) is 87.2. The van der Waals surface area contributed by atoms with Crippen LogP contribution in [0.25, 0.3) is 88.4 Å². The van der Waals surface area contributed by atoms with Crippen molar-refractivity contribution in [2.24, 2.45) is 0 Å². The highest BCUT2D eigenvalue weighted by atomic mass is 16.3. The minimum Gasteiger partial charge on any atom is -0.454 e. The van der Waals surface area contributed by atoms with Gasteiger partial charge < -0.3 is 37.6 Å². The molecule has 0 bridgehead atoms. The van der Waals surface area contributed by atoms with E-state index in [1.165, 1.54) is 258 Å². The number of hydrogen-bond donors (Lipinski definition) is 0. The molecule has 8 nitrogen and oxygen atoms in total. The Labute approximate surface area is 824 Å². The van der Waals surface area contributed by atoms with Gasteiger partial charge in [-0.15, -0.1) is 0 Å². The molecule has 6 aliphatic heterocycles. The third-order valence-corrected chi connectivity index (χ3v) is 36.4. The van der Waals surface area contributed by atoms with Crippen LogP contribution in [0.2, 0.25) is 0 Å². The number of rotatable bonds is 5. The van der Waals surface area contributed by atoms with Crippen LogP contribution in [-0.2, 0) is 48.7 Å². The van der Waals surface area contributed by atoms with E-state index in [4.69, 9.17) is 8.83 Å². The molecule has 700 valence electrons. The first-order valence-electron chi connectivity index (χ1n) is 52.2. The van der Waals surface area contributed by atoms with Gasteiger partial charge in [0.2, 0.25) is 0 Å². The van der Waals surface area contributed by atoms with E-state index in [1.54, 1.807) is 0 Å². The number of anilines is 10. The van der Waals surface area contributed by atoms with E-state index in [0.717, 1.165) is 51.5 Å². The number of nitrogens with zero attached hydrogens (tertiary/aromatic N) is 6. The molecule has 3 aliphatic carbocycles. The first kappa shape index (κ1) is 88.3. The van der Waals surface area contributed by atoms with Gasteiger partial charge >= 0.3 is 0 Å². The summed E-state index contributed by atoms with van der Waals surface area (Å²) in [5.74, 6) is 0. The first-order valence-corrected chi connectivity index (χ1v) is 52.2. The van der Waals surface area contributed by atoms with E-state index in [9.17, 15) is 0 Å². The van der Waals surface area contributed by atoms with Gasteiger partial charge in [-0.25, -0.2) is 0 Å². The maximum Gasteiger partial charge on any atom is 0.252 e. The fraction of sp³-hybridized carbons (Fsp3) is 0.364. The van der Waals surface area contributed by atoms with Crippen LogP contribution in [-0.4, -0.2) is 33.6 Å². The molecular weight excluding hydrogens is 1690 g/mol. The monoisotopic (exact) mass is 1820 g/mol. The number of hydrogen-bond acceptors (Lipinski definition) is 6. The predicted molar refractivity (Wildman–Crippen MR) is 594 cm³/mol. The average molecular weight is 1820 g/mol. The molecule has 0 radical (unpaired) electrons. The summed E-state index contributed by atoms with van der Waals surface area (Å²) in [7, 11) is 0. The fourth-order valence-electron chi connectivity index (χ4n) is 28.1. The standard InChI is InChI=1S/C65H66BN3O.C64H70BN3O/c1-39-32-54-57-55(33-39)68-58-47(60-59(68)45-22-16-17-23-56(45)70-60)35-43(63(8,9)10)37-50(58)66(57)49-27-26-44(69-52-29-25-42(62(5,6)7)36-48(52)64(11)30-18-19-31-65(64,69)12)38-53(49)67(54)51-28-24-41(61(2,3)4)34-46(51)40-20-14-13-15-21-40;1-37-29-52-55-53(30-37)67-56-43(58-57(67)42-19-15-16-20-54(42)69-58)32-40(60(6,7)8)34-48(56)65(55)47-23-22-41(35-51(47)66(52)50-36-45-44(31-38(50)2)61(9,10)27-28-62(45,11)12)68-49-24-21-39(59(3,4)5)33-46(49)63(13)25-17-18-26-64(63,68)14/h13-17,20-29,32-38H,18-19,30-31H2,1-12H3;15-16,19-24,29-36H,17-18,25-28H2,1-14H3. The largest absolute Gasteiger partial charge is 0.454 e. The second kappa shape index (κ2) is 29.1. The lowest BCUT2D eigenvalue weighted by Gasteiger charge is -2.50. The molecule has 2 fully saturated rings. The molecule has 0 spiro atoms. The SMILES string of the molecule is Cc1cc2c3c(c1)-n1c4c(cc(C(C)(C)C)cc4c4oc5ccccc5c41)B3c1ccc(N3c4ccc(C(C)(C)C)cc4C4(C)CCCCC34C)cc1N2c1cc2c(cc1C)C(C)(C)CCC2(C)C.Cc1cc2c3c(c1)-n1c4c(cc(C(C)(C)C)cc4c4oc5ccccc5c41)B3c1ccc(N3c4ccc(C(C)(C)C)cc4C4(C)CCCCC34C)cc1N2c1ccc(C(C)(C)C)cc1-c1ccccc1. The summed E-state index contributed by atoms with van der Waals surface area (Å²) < 4.78 is 19.1. The lowest BCUT2D eigenvalue weighted by molar-refractivity contribution is 0.195. The van der Waals surface area contributed by atoms with Gasteiger partial charge in [0.1, 0.15) is 22.2 Å². The number of aromatic nitrogens is 2. The van der Waals surface area contributed by atoms with Crippen LogP contribution in [0.4, 0.5) is 56.9 Å². The van der Waals surface area contributed by atoms with Crippen molar-refractivity contribution in [1.29, 1.82) is 0 Å². The Bertz CT molecular complexity index is 8200. The van der Waals surface area contributed by atoms with Gasteiger partial charge in [-0.05, 0) is 331 Å². The van der Waals surface area contributed by atoms with Crippen molar-refractivity contribution >= 4 is 169 Å². The van der Waals surface area contributed by atoms with Crippen molar-refractivity contribution in [2.75, 3.05) is 19.6 Å². The van der Waals surface area contributed by atoms with Crippen LogP contribution >= 0.6 is 0 Å². The van der Waals surface area contributed by atoms with Gasteiger partial charge in [0.15, 0.2) is 11.2 Å². The van der Waals surface area contributed by atoms with Gasteiger partial charge in [0.05, 0.1) is 27.8 Å². The third-order valence-electron chi connectivity index (χ3n) is 36.4. The number of fused-ring (bicyclic) bond motifs is 25. The highest BCUT2D eigenvalue weighted by Crippen LogP contribution is 2.65. The summed E-state index contributed by atoms with van der Waals surface area (Å²) in [6.45, 7) is 62.5. The van der Waals surface area contributed by atoms with Gasteiger partial charge in [-0.3, -0.25) is 0 Å². The molecule has 4 unspecified atom stereocenters. The summed E-state index contributed by atoms with van der Waals surface area (Å²) in [5, 5.41) is 4.72. The van der Waals surface area contributed by atoms with Crippen molar-refractivity contribution in [3.8, 4) is 22.5 Å². The Balaban J connectivity index is 0.000000147. The van der Waals surface area contributed by atoms with E-state index in [0.29, 0.717) is 0 Å². The number of aryl methyl sites for hydroxylation is 3. The predicted octanol–water partition coefficient (Wildman–Crippen LogP) is 31.2. The van der Waals surface area contributed by atoms with Crippen LogP contribution < -0.4 is 52.4 Å². The highest BCUT2D eigenvalue weighted by molar-refractivity contribution is 7.01. The zero-order chi connectivity index (χ0) is 96.9. The molecule has 4 aromatic heterocycles. The summed E-state index contributed by atoms with van der Waals surface area (Å²) in [5.41, 5.74) is 51.3. The molecule has 0 saturated heterocycles. The van der Waals surface area contributed by atoms with Crippen molar-refractivity contribution in [3.63, 3.8) is 0 Å².